The SMILES string of the molecule is C=C/C=C(\C=C)n1ccc2cc3c(ccc4c5ccccc5n(/C(C)=C/N=C(N)c5cccnc5)c34)cc21. The van der Waals surface area contributed by atoms with Crippen molar-refractivity contribution in [1.29, 1.82) is 0 Å². The molecule has 0 saturated carbocycles. The highest BCUT2D eigenvalue weighted by Gasteiger charge is 2.16. The Morgan fingerprint density at radius 1 is 0.921 bits per heavy atom. The average Bonchev–Trinajstić information content (AvgIpc) is 3.52. The number of aliphatic imine (C=N–C) groups is 1. The molecule has 5 heteroatoms. The Morgan fingerprint density at radius 3 is 2.58 bits per heavy atom. The molecule has 0 saturated heterocycles. The number of fused-ring (bicyclic) bond motifs is 6. The lowest BCUT2D eigenvalue weighted by Gasteiger charge is -2.11. The smallest absolute Gasteiger partial charge is 0.132 e. The molecule has 184 valence electrons. The second-order valence-electron chi connectivity index (χ2n) is 9.19. The van der Waals surface area contributed by atoms with Crippen LogP contribution in [0.3, 0.4) is 0 Å². The molecule has 0 bridgehead atoms. The molecule has 0 spiro atoms. The quantitative estimate of drug-likeness (QED) is 0.147. The average molecular weight is 494 g/mol. The van der Waals surface area contributed by atoms with Crippen LogP contribution in [0.5, 0.6) is 0 Å². The van der Waals surface area contributed by atoms with E-state index in [1.807, 2.05) is 30.5 Å². The molecule has 0 atom stereocenters. The van der Waals surface area contributed by atoms with Gasteiger partial charge in [-0.15, -0.1) is 0 Å². The first-order valence-corrected chi connectivity index (χ1v) is 12.4. The minimum absolute atomic E-state index is 0.428. The van der Waals surface area contributed by atoms with Crippen LogP contribution >= 0.6 is 0 Å². The van der Waals surface area contributed by atoms with E-state index in [1.165, 1.54) is 16.2 Å². The number of nitrogens with two attached hydrogens (primary N) is 1. The van der Waals surface area contributed by atoms with Gasteiger partial charge in [-0.1, -0.05) is 49.6 Å². The Balaban J connectivity index is 1.62. The van der Waals surface area contributed by atoms with E-state index >= 15 is 0 Å². The van der Waals surface area contributed by atoms with Crippen molar-refractivity contribution >= 4 is 60.7 Å². The summed E-state index contributed by atoms with van der Waals surface area (Å²) in [6, 6.07) is 23.3. The molecule has 6 aromatic rings. The van der Waals surface area contributed by atoms with E-state index in [4.69, 9.17) is 5.73 Å². The maximum absolute atomic E-state index is 6.27. The molecule has 0 unspecified atom stereocenters. The standard InChI is InChI=1S/C33H27N5/c1-4-9-26(5-2)37-17-15-24-18-29-23(19-31(24)37)13-14-28-27-11-6-7-12-30(27)38(32(28)29)22(3)20-36-33(34)25-10-8-16-35-21-25/h4-21H,1-2H2,3H3,(H2,34,36)/b22-20+,26-9+. The van der Waals surface area contributed by atoms with Gasteiger partial charge < -0.3 is 14.9 Å². The van der Waals surface area contributed by atoms with Crippen LogP contribution in [0.2, 0.25) is 0 Å². The van der Waals surface area contributed by atoms with E-state index in [1.54, 1.807) is 18.5 Å². The molecule has 0 aliphatic rings. The summed E-state index contributed by atoms with van der Waals surface area (Å²) in [5.41, 5.74) is 12.4. The fourth-order valence-corrected chi connectivity index (χ4v) is 5.18. The van der Waals surface area contributed by atoms with Crippen molar-refractivity contribution in [3.05, 3.63) is 128 Å². The molecule has 3 heterocycles. The van der Waals surface area contributed by atoms with E-state index in [-0.39, 0.29) is 0 Å². The third kappa shape index (κ3) is 3.73. The van der Waals surface area contributed by atoms with Crippen LogP contribution in [0.4, 0.5) is 0 Å². The minimum Gasteiger partial charge on any atom is -0.383 e. The summed E-state index contributed by atoms with van der Waals surface area (Å²) in [6.45, 7) is 9.89. The summed E-state index contributed by atoms with van der Waals surface area (Å²) in [5.74, 6) is 0.428. The molecule has 3 aromatic heterocycles. The van der Waals surface area contributed by atoms with Gasteiger partial charge in [0.05, 0.1) is 16.6 Å². The lowest BCUT2D eigenvalue weighted by Crippen LogP contribution is -2.12. The molecular weight excluding hydrogens is 466 g/mol. The van der Waals surface area contributed by atoms with Crippen molar-refractivity contribution in [3.8, 4) is 0 Å². The van der Waals surface area contributed by atoms with Crippen LogP contribution in [0.1, 0.15) is 12.5 Å². The number of amidine groups is 1. The minimum atomic E-state index is 0.428. The summed E-state index contributed by atoms with van der Waals surface area (Å²) in [5, 5.41) is 5.87. The van der Waals surface area contributed by atoms with Crippen molar-refractivity contribution in [2.24, 2.45) is 10.7 Å². The zero-order valence-electron chi connectivity index (χ0n) is 21.2. The molecule has 2 N–H and O–H groups in total. The summed E-state index contributed by atoms with van der Waals surface area (Å²) in [7, 11) is 0. The normalized spacial score (nSPS) is 13.1. The van der Waals surface area contributed by atoms with E-state index in [0.717, 1.165) is 44.3 Å². The number of rotatable bonds is 6. The van der Waals surface area contributed by atoms with Crippen LogP contribution in [0.15, 0.2) is 128 Å². The predicted molar refractivity (Wildman–Crippen MR) is 162 cm³/mol. The van der Waals surface area contributed by atoms with Gasteiger partial charge in [-0.25, -0.2) is 4.99 Å². The molecular formula is C33H27N5. The van der Waals surface area contributed by atoms with Crippen molar-refractivity contribution < 1.29 is 0 Å². The number of allylic oxidation sites excluding steroid dienone is 5. The van der Waals surface area contributed by atoms with Gasteiger partial charge >= 0.3 is 0 Å². The first kappa shape index (κ1) is 23.3. The van der Waals surface area contributed by atoms with E-state index < -0.39 is 0 Å². The van der Waals surface area contributed by atoms with Crippen LogP contribution in [-0.4, -0.2) is 20.0 Å². The molecule has 0 aliphatic heterocycles. The summed E-state index contributed by atoms with van der Waals surface area (Å²) in [6.07, 6.45) is 12.9. The Morgan fingerprint density at radius 2 is 1.79 bits per heavy atom. The third-order valence-corrected chi connectivity index (χ3v) is 6.94. The number of aromatic nitrogens is 3. The summed E-state index contributed by atoms with van der Waals surface area (Å²) in [4.78, 5) is 8.74. The zero-order valence-corrected chi connectivity index (χ0v) is 21.2. The Labute approximate surface area is 220 Å². The molecule has 0 aliphatic carbocycles. The summed E-state index contributed by atoms with van der Waals surface area (Å²) >= 11 is 0. The van der Waals surface area contributed by atoms with Gasteiger partial charge in [-0.2, -0.15) is 0 Å². The largest absolute Gasteiger partial charge is 0.383 e. The molecule has 38 heavy (non-hydrogen) atoms. The topological polar surface area (TPSA) is 61.1 Å². The fraction of sp³-hybridized carbons (Fsp3) is 0.0303. The number of hydrogen-bond acceptors (Lipinski definition) is 2. The van der Waals surface area contributed by atoms with Crippen molar-refractivity contribution in [3.63, 3.8) is 0 Å². The molecule has 0 radical (unpaired) electrons. The van der Waals surface area contributed by atoms with Crippen LogP contribution in [-0.2, 0) is 0 Å². The molecule has 0 amide bonds. The molecule has 6 rings (SSSR count). The molecule has 5 nitrogen and oxygen atoms in total. The lowest BCUT2D eigenvalue weighted by molar-refractivity contribution is 1.18. The number of pyridine rings is 1. The molecule has 0 fully saturated rings. The highest BCUT2D eigenvalue weighted by atomic mass is 15.0. The van der Waals surface area contributed by atoms with Crippen LogP contribution in [0, 0.1) is 0 Å². The first-order valence-electron chi connectivity index (χ1n) is 12.4. The maximum atomic E-state index is 6.27. The van der Waals surface area contributed by atoms with Gasteiger partial charge in [-0.05, 0) is 60.9 Å². The summed E-state index contributed by atoms with van der Waals surface area (Å²) < 4.78 is 4.42. The number of nitrogens with zero attached hydrogens (tertiary/aromatic N) is 4. The number of hydrogen-bond donors (Lipinski definition) is 1. The maximum Gasteiger partial charge on any atom is 0.132 e. The number of para-hydroxylation sites is 1. The highest BCUT2D eigenvalue weighted by molar-refractivity contribution is 6.20. The van der Waals surface area contributed by atoms with Crippen molar-refractivity contribution in [2.75, 3.05) is 0 Å². The monoisotopic (exact) mass is 493 g/mol. The Bertz CT molecular complexity index is 1960. The van der Waals surface area contributed by atoms with Gasteiger partial charge in [0, 0.05) is 63.3 Å². The van der Waals surface area contributed by atoms with Crippen molar-refractivity contribution in [1.82, 2.24) is 14.1 Å². The third-order valence-electron chi connectivity index (χ3n) is 6.94. The lowest BCUT2D eigenvalue weighted by atomic mass is 10.0. The number of benzene rings is 3. The predicted octanol–water partition coefficient (Wildman–Crippen LogP) is 7.73. The second kappa shape index (κ2) is 9.37. The van der Waals surface area contributed by atoms with Gasteiger partial charge in [0.25, 0.3) is 0 Å². The van der Waals surface area contributed by atoms with Crippen LogP contribution < -0.4 is 5.73 Å². The van der Waals surface area contributed by atoms with Crippen LogP contribution in [0.25, 0.3) is 54.9 Å². The highest BCUT2D eigenvalue weighted by Crippen LogP contribution is 2.38. The Hall–Kier alpha value is -5.16. The second-order valence-corrected chi connectivity index (χ2v) is 9.19. The fourth-order valence-electron chi connectivity index (χ4n) is 5.18. The first-order chi connectivity index (χ1) is 18.6. The van der Waals surface area contributed by atoms with Crippen molar-refractivity contribution in [2.45, 2.75) is 6.92 Å². The van der Waals surface area contributed by atoms with Gasteiger partial charge in [0.2, 0.25) is 0 Å². The van der Waals surface area contributed by atoms with Gasteiger partial charge in [-0.3, -0.25) is 4.98 Å². The van der Waals surface area contributed by atoms with E-state index in [0.29, 0.717) is 5.84 Å². The Kier molecular flexibility index (Phi) is 5.74. The van der Waals surface area contributed by atoms with E-state index in [2.05, 4.69) is 100.0 Å². The van der Waals surface area contributed by atoms with E-state index in [9.17, 15) is 0 Å². The zero-order chi connectivity index (χ0) is 26.2. The van der Waals surface area contributed by atoms with Gasteiger partial charge in [0.1, 0.15) is 5.84 Å². The molecule has 3 aromatic carbocycles. The van der Waals surface area contributed by atoms with Gasteiger partial charge in [0.15, 0.2) is 0 Å².